The van der Waals surface area contributed by atoms with Crippen LogP contribution in [0.1, 0.15) is 62.5 Å². The number of carbonyl (C=O) groups is 2. The fourth-order valence-electron chi connectivity index (χ4n) is 5.87. The molecule has 0 atom stereocenters. The van der Waals surface area contributed by atoms with Gasteiger partial charge in [0.05, 0.1) is 13.7 Å². The minimum atomic E-state index is -0.242. The first kappa shape index (κ1) is 24.5. The van der Waals surface area contributed by atoms with Crippen molar-refractivity contribution in [1.82, 2.24) is 19.7 Å². The smallest absolute Gasteiger partial charge is 0.259 e. The summed E-state index contributed by atoms with van der Waals surface area (Å²) in [5, 5.41) is 2.75. The molecule has 2 aliphatic heterocycles. The zero-order valence-electron chi connectivity index (χ0n) is 21.0. The van der Waals surface area contributed by atoms with Crippen molar-refractivity contribution in [3.8, 4) is 5.75 Å². The van der Waals surface area contributed by atoms with Gasteiger partial charge in [-0.05, 0) is 38.0 Å². The van der Waals surface area contributed by atoms with E-state index in [9.17, 15) is 14.4 Å². The summed E-state index contributed by atoms with van der Waals surface area (Å²) in [5.41, 5.74) is 4.37. The van der Waals surface area contributed by atoms with E-state index in [0.717, 1.165) is 31.7 Å². The maximum absolute atomic E-state index is 13.5. The van der Waals surface area contributed by atoms with E-state index >= 15 is 0 Å². The summed E-state index contributed by atoms with van der Waals surface area (Å²) in [4.78, 5) is 42.2. The molecule has 0 unspecified atom stereocenters. The number of ether oxygens (including phenoxy) is 1. The van der Waals surface area contributed by atoms with Gasteiger partial charge >= 0.3 is 0 Å². The Morgan fingerprint density at radius 3 is 2.65 bits per heavy atom. The number of amides is 2. The lowest BCUT2D eigenvalue weighted by Gasteiger charge is -2.35. The van der Waals surface area contributed by atoms with Gasteiger partial charge in [-0.2, -0.15) is 0 Å². The molecule has 1 aromatic rings. The van der Waals surface area contributed by atoms with Gasteiger partial charge in [-0.1, -0.05) is 25.0 Å². The van der Waals surface area contributed by atoms with Crippen LogP contribution in [-0.4, -0.2) is 72.6 Å². The summed E-state index contributed by atoms with van der Waals surface area (Å²) < 4.78 is 7.21. The van der Waals surface area contributed by atoms with Crippen molar-refractivity contribution in [2.45, 2.75) is 59.4 Å². The summed E-state index contributed by atoms with van der Waals surface area (Å²) in [7, 11) is 1.48. The van der Waals surface area contributed by atoms with Crippen molar-refractivity contribution in [3.05, 3.63) is 38.8 Å². The molecule has 2 amide bonds. The second-order valence-electron chi connectivity index (χ2n) is 10.4. The molecule has 3 aliphatic rings. The zero-order chi connectivity index (χ0) is 24.5. The van der Waals surface area contributed by atoms with E-state index in [1.165, 1.54) is 38.0 Å². The topological polar surface area (TPSA) is 83.9 Å². The number of fused-ring (bicyclic) bond motifs is 1. The molecule has 0 aromatic carbocycles. The number of methoxy groups -OCH3 is 1. The summed E-state index contributed by atoms with van der Waals surface area (Å²) in [5.74, 6) is -0.113. The summed E-state index contributed by atoms with van der Waals surface area (Å²) in [6.07, 6.45) is 5.33. The highest BCUT2D eigenvalue weighted by Gasteiger charge is 2.31. The minimum absolute atomic E-state index is 0.0247. The van der Waals surface area contributed by atoms with Crippen molar-refractivity contribution >= 4 is 11.8 Å². The summed E-state index contributed by atoms with van der Waals surface area (Å²) in [6.45, 7) is 10.9. The van der Waals surface area contributed by atoms with Gasteiger partial charge in [0, 0.05) is 57.4 Å². The predicted molar refractivity (Wildman–Crippen MR) is 131 cm³/mol. The van der Waals surface area contributed by atoms with E-state index < -0.39 is 0 Å². The summed E-state index contributed by atoms with van der Waals surface area (Å²) >= 11 is 0. The van der Waals surface area contributed by atoms with E-state index in [1.807, 2.05) is 0 Å². The Morgan fingerprint density at radius 1 is 1.15 bits per heavy atom. The van der Waals surface area contributed by atoms with Crippen molar-refractivity contribution in [3.63, 3.8) is 0 Å². The maximum atomic E-state index is 13.5. The number of piperazine rings is 1. The second kappa shape index (κ2) is 9.94. The lowest BCUT2D eigenvalue weighted by molar-refractivity contribution is -0.123. The van der Waals surface area contributed by atoms with Crippen LogP contribution in [0.2, 0.25) is 0 Å². The molecule has 186 valence electrons. The first-order chi connectivity index (χ1) is 16.2. The lowest BCUT2D eigenvalue weighted by Crippen LogP contribution is -2.50. The highest BCUT2D eigenvalue weighted by molar-refractivity contribution is 6.00. The van der Waals surface area contributed by atoms with Crippen LogP contribution in [0.4, 0.5) is 0 Å². The third kappa shape index (κ3) is 4.92. The molecule has 1 fully saturated rings. The van der Waals surface area contributed by atoms with Crippen LogP contribution >= 0.6 is 0 Å². The number of pyridine rings is 1. The SMILES string of the molecule is COc1cc(=O)n2c(c1C(=O)N1CCNC(=O)C1)CCN(CCC1=C(C)CCCC1(C)C)CC2. The molecule has 8 nitrogen and oxygen atoms in total. The standard InChI is InChI=1S/C26H38N4O4/c1-18-6-5-9-26(2,3)19(18)7-11-28-12-8-20-24(25(33)29-13-10-27-22(31)17-29)21(34-4)16-23(32)30(20)15-14-28/h16H,5-15,17H2,1-4H3,(H,27,31). The van der Waals surface area contributed by atoms with E-state index in [-0.39, 0.29) is 29.3 Å². The van der Waals surface area contributed by atoms with Crippen molar-refractivity contribution < 1.29 is 14.3 Å². The van der Waals surface area contributed by atoms with E-state index in [2.05, 4.69) is 31.0 Å². The molecule has 1 N–H and O–H groups in total. The van der Waals surface area contributed by atoms with Gasteiger partial charge in [-0.3, -0.25) is 14.4 Å². The van der Waals surface area contributed by atoms with Gasteiger partial charge in [0.25, 0.3) is 11.5 Å². The van der Waals surface area contributed by atoms with E-state index in [4.69, 9.17) is 4.74 Å². The first-order valence-electron chi connectivity index (χ1n) is 12.5. The molecular weight excluding hydrogens is 432 g/mol. The van der Waals surface area contributed by atoms with Crippen LogP contribution in [0.5, 0.6) is 5.75 Å². The Bertz CT molecular complexity index is 1060. The number of hydrogen-bond acceptors (Lipinski definition) is 5. The molecule has 34 heavy (non-hydrogen) atoms. The minimum Gasteiger partial charge on any atom is -0.496 e. The molecule has 0 saturated carbocycles. The van der Waals surface area contributed by atoms with Gasteiger partial charge < -0.3 is 24.4 Å². The number of aromatic nitrogens is 1. The number of rotatable bonds is 5. The lowest BCUT2D eigenvalue weighted by atomic mass is 9.71. The quantitative estimate of drug-likeness (QED) is 0.667. The molecule has 3 heterocycles. The van der Waals surface area contributed by atoms with Crippen molar-refractivity contribution in [2.75, 3.05) is 46.4 Å². The average molecular weight is 471 g/mol. The maximum Gasteiger partial charge on any atom is 0.259 e. The monoisotopic (exact) mass is 470 g/mol. The summed E-state index contributed by atoms with van der Waals surface area (Å²) in [6, 6.07) is 1.41. The third-order valence-electron chi connectivity index (χ3n) is 7.81. The Kier molecular flexibility index (Phi) is 7.17. The van der Waals surface area contributed by atoms with Gasteiger partial charge in [-0.25, -0.2) is 0 Å². The largest absolute Gasteiger partial charge is 0.496 e. The molecule has 1 saturated heterocycles. The van der Waals surface area contributed by atoms with Gasteiger partial charge in [0.2, 0.25) is 5.91 Å². The fourth-order valence-corrected chi connectivity index (χ4v) is 5.87. The van der Waals surface area contributed by atoms with Crippen LogP contribution in [0, 0.1) is 5.41 Å². The number of nitrogens with zero attached hydrogens (tertiary/aromatic N) is 3. The highest BCUT2D eigenvalue weighted by atomic mass is 16.5. The van der Waals surface area contributed by atoms with Gasteiger partial charge in [0.15, 0.2) is 0 Å². The number of nitrogens with one attached hydrogen (secondary N) is 1. The fraction of sp³-hybridized carbons (Fsp3) is 0.654. The Labute approximate surface area is 201 Å². The molecule has 1 aromatic heterocycles. The van der Waals surface area contributed by atoms with Gasteiger partial charge in [-0.15, -0.1) is 0 Å². The Hall–Kier alpha value is -2.61. The number of carbonyl (C=O) groups excluding carboxylic acids is 2. The van der Waals surface area contributed by atoms with Crippen molar-refractivity contribution in [1.29, 1.82) is 0 Å². The number of allylic oxidation sites excluding steroid dienone is 1. The third-order valence-corrected chi connectivity index (χ3v) is 7.81. The number of hydrogen-bond donors (Lipinski definition) is 1. The highest BCUT2D eigenvalue weighted by Crippen LogP contribution is 2.41. The molecule has 4 rings (SSSR count). The normalized spacial score (nSPS) is 21.1. The molecule has 0 bridgehead atoms. The second-order valence-corrected chi connectivity index (χ2v) is 10.4. The zero-order valence-corrected chi connectivity index (χ0v) is 21.0. The average Bonchev–Trinajstić information content (AvgIpc) is 3.01. The van der Waals surface area contributed by atoms with E-state index in [1.54, 1.807) is 15.0 Å². The Balaban J connectivity index is 1.56. The van der Waals surface area contributed by atoms with Gasteiger partial charge in [0.1, 0.15) is 11.3 Å². The van der Waals surface area contributed by atoms with Crippen LogP contribution in [-0.2, 0) is 17.8 Å². The van der Waals surface area contributed by atoms with Crippen LogP contribution in [0.15, 0.2) is 22.0 Å². The molecule has 1 aliphatic carbocycles. The molecule has 0 radical (unpaired) electrons. The predicted octanol–water partition coefficient (Wildman–Crippen LogP) is 2.20. The van der Waals surface area contributed by atoms with Crippen molar-refractivity contribution in [2.24, 2.45) is 5.41 Å². The van der Waals surface area contributed by atoms with E-state index in [0.29, 0.717) is 37.4 Å². The van der Waals surface area contributed by atoms with Crippen LogP contribution < -0.4 is 15.6 Å². The van der Waals surface area contributed by atoms with Crippen LogP contribution in [0.25, 0.3) is 0 Å². The van der Waals surface area contributed by atoms with Crippen LogP contribution in [0.3, 0.4) is 0 Å². The molecular formula is C26H38N4O4. The molecule has 0 spiro atoms. The Morgan fingerprint density at radius 2 is 1.94 bits per heavy atom. The molecule has 8 heteroatoms. The first-order valence-corrected chi connectivity index (χ1v) is 12.5.